The minimum atomic E-state index is -3.57. The summed E-state index contributed by atoms with van der Waals surface area (Å²) in [5, 5.41) is 0.659. The molecule has 5 nitrogen and oxygen atoms in total. The summed E-state index contributed by atoms with van der Waals surface area (Å²) in [6, 6.07) is 4.45. The lowest BCUT2D eigenvalue weighted by Crippen LogP contribution is -2.37. The number of hydrogen-bond acceptors (Lipinski definition) is 4. The van der Waals surface area contributed by atoms with Crippen molar-refractivity contribution in [2.45, 2.75) is 30.3 Å². The summed E-state index contributed by atoms with van der Waals surface area (Å²) in [4.78, 5) is 2.46. The van der Waals surface area contributed by atoms with E-state index in [-0.39, 0.29) is 4.90 Å². The first kappa shape index (κ1) is 18.4. The van der Waals surface area contributed by atoms with Crippen molar-refractivity contribution in [1.29, 1.82) is 0 Å². The van der Waals surface area contributed by atoms with E-state index >= 15 is 0 Å². The van der Waals surface area contributed by atoms with Crippen LogP contribution in [-0.4, -0.2) is 63.1 Å². The monoisotopic (exact) mass is 392 g/mol. The highest BCUT2D eigenvalue weighted by Crippen LogP contribution is 2.25. The SMILES string of the molecule is O=S(=O)(c1cc(Cl)cc(Cl)c1)N1CCCN(C[C@@H]2CCCO2)CC1. The summed E-state index contributed by atoms with van der Waals surface area (Å²) in [6.07, 6.45) is 3.31. The van der Waals surface area contributed by atoms with Gasteiger partial charge < -0.3 is 4.74 Å². The Bertz CT molecular complexity index is 658. The summed E-state index contributed by atoms with van der Waals surface area (Å²) in [5.41, 5.74) is 0. The Hall–Kier alpha value is -0.370. The molecule has 0 aromatic heterocycles. The zero-order valence-corrected chi connectivity index (χ0v) is 15.8. The molecule has 0 N–H and O–H groups in total. The highest BCUT2D eigenvalue weighted by Gasteiger charge is 2.28. The van der Waals surface area contributed by atoms with Crippen LogP contribution in [0, 0.1) is 0 Å². The summed E-state index contributed by atoms with van der Waals surface area (Å²) < 4.78 is 32.9. The topological polar surface area (TPSA) is 49.9 Å². The average Bonchev–Trinajstić information content (AvgIpc) is 2.90. The Morgan fingerprint density at radius 2 is 1.79 bits per heavy atom. The van der Waals surface area contributed by atoms with E-state index < -0.39 is 10.0 Å². The van der Waals surface area contributed by atoms with E-state index in [9.17, 15) is 8.42 Å². The predicted octanol–water partition coefficient (Wildman–Crippen LogP) is 2.87. The van der Waals surface area contributed by atoms with Gasteiger partial charge in [0.15, 0.2) is 0 Å². The first-order valence-electron chi connectivity index (χ1n) is 8.25. The number of halogens is 2. The molecule has 2 heterocycles. The fourth-order valence-corrected chi connectivity index (χ4v) is 5.47. The lowest BCUT2D eigenvalue weighted by Gasteiger charge is -2.24. The molecule has 0 aliphatic carbocycles. The van der Waals surface area contributed by atoms with E-state index in [4.69, 9.17) is 27.9 Å². The third kappa shape index (κ3) is 4.42. The van der Waals surface area contributed by atoms with Crippen molar-refractivity contribution in [3.63, 3.8) is 0 Å². The number of nitrogens with zero attached hydrogens (tertiary/aromatic N) is 2. The number of rotatable bonds is 4. The molecule has 0 bridgehead atoms. The molecule has 1 atom stereocenters. The van der Waals surface area contributed by atoms with Crippen molar-refractivity contribution in [3.8, 4) is 0 Å². The predicted molar refractivity (Wildman–Crippen MR) is 95.3 cm³/mol. The molecule has 2 aliphatic heterocycles. The van der Waals surface area contributed by atoms with Crippen LogP contribution in [0.3, 0.4) is 0 Å². The Morgan fingerprint density at radius 3 is 2.46 bits per heavy atom. The number of sulfonamides is 1. The molecule has 2 aliphatic rings. The molecule has 134 valence electrons. The van der Waals surface area contributed by atoms with Crippen LogP contribution in [0.5, 0.6) is 0 Å². The minimum absolute atomic E-state index is 0.160. The van der Waals surface area contributed by atoms with Gasteiger partial charge in [-0.25, -0.2) is 8.42 Å². The summed E-state index contributed by atoms with van der Waals surface area (Å²) in [5.74, 6) is 0. The number of hydrogen-bond donors (Lipinski definition) is 0. The molecule has 2 fully saturated rings. The molecular formula is C16H22Cl2N2O3S. The van der Waals surface area contributed by atoms with Crippen molar-refractivity contribution in [3.05, 3.63) is 28.2 Å². The standard InChI is InChI=1S/C16H22Cl2N2O3S/c17-13-9-14(18)11-16(10-13)24(21,22)20-5-2-4-19(6-7-20)12-15-3-1-8-23-15/h9-11,15H,1-8,12H2/t15-/m0/s1. The van der Waals surface area contributed by atoms with E-state index in [1.165, 1.54) is 22.5 Å². The van der Waals surface area contributed by atoms with Crippen LogP contribution < -0.4 is 0 Å². The van der Waals surface area contributed by atoms with Gasteiger partial charge in [-0.3, -0.25) is 4.90 Å². The van der Waals surface area contributed by atoms with Crippen molar-refractivity contribution in [2.24, 2.45) is 0 Å². The van der Waals surface area contributed by atoms with Crippen LogP contribution in [-0.2, 0) is 14.8 Å². The van der Waals surface area contributed by atoms with Crippen LogP contribution in [0.4, 0.5) is 0 Å². The van der Waals surface area contributed by atoms with Gasteiger partial charge in [-0.2, -0.15) is 4.31 Å². The zero-order chi connectivity index (χ0) is 17.2. The smallest absolute Gasteiger partial charge is 0.243 e. The molecule has 0 amide bonds. The van der Waals surface area contributed by atoms with Crippen molar-refractivity contribution >= 4 is 33.2 Å². The minimum Gasteiger partial charge on any atom is -0.377 e. The maximum Gasteiger partial charge on any atom is 0.243 e. The third-order valence-electron chi connectivity index (χ3n) is 4.51. The van der Waals surface area contributed by atoms with Gasteiger partial charge in [0.2, 0.25) is 10.0 Å². The molecule has 1 aromatic rings. The highest BCUT2D eigenvalue weighted by atomic mass is 35.5. The van der Waals surface area contributed by atoms with Gasteiger partial charge in [-0.1, -0.05) is 23.2 Å². The lowest BCUT2D eigenvalue weighted by atomic mass is 10.2. The molecule has 0 unspecified atom stereocenters. The summed E-state index contributed by atoms with van der Waals surface area (Å²) in [6.45, 7) is 4.31. The van der Waals surface area contributed by atoms with Crippen LogP contribution in [0.2, 0.25) is 10.0 Å². The van der Waals surface area contributed by atoms with Crippen LogP contribution >= 0.6 is 23.2 Å². The van der Waals surface area contributed by atoms with Gasteiger partial charge in [-0.15, -0.1) is 0 Å². The second kappa shape index (κ2) is 7.89. The highest BCUT2D eigenvalue weighted by molar-refractivity contribution is 7.89. The fraction of sp³-hybridized carbons (Fsp3) is 0.625. The van der Waals surface area contributed by atoms with E-state index in [2.05, 4.69) is 4.90 Å². The maximum absolute atomic E-state index is 12.9. The second-order valence-corrected chi connectivity index (χ2v) is 9.11. The zero-order valence-electron chi connectivity index (χ0n) is 13.5. The first-order chi connectivity index (χ1) is 11.4. The van der Waals surface area contributed by atoms with E-state index in [0.29, 0.717) is 35.8 Å². The van der Waals surface area contributed by atoms with Crippen LogP contribution in [0.1, 0.15) is 19.3 Å². The molecule has 0 spiro atoms. The molecule has 24 heavy (non-hydrogen) atoms. The molecule has 1 aromatic carbocycles. The fourth-order valence-electron chi connectivity index (χ4n) is 3.27. The van der Waals surface area contributed by atoms with Gasteiger partial charge >= 0.3 is 0 Å². The van der Waals surface area contributed by atoms with Crippen LogP contribution in [0.25, 0.3) is 0 Å². The maximum atomic E-state index is 12.9. The summed E-state index contributed by atoms with van der Waals surface area (Å²) in [7, 11) is -3.57. The average molecular weight is 393 g/mol. The van der Waals surface area contributed by atoms with Gasteiger partial charge in [0.25, 0.3) is 0 Å². The van der Waals surface area contributed by atoms with Crippen LogP contribution in [0.15, 0.2) is 23.1 Å². The number of ether oxygens (including phenoxy) is 1. The molecule has 2 saturated heterocycles. The largest absolute Gasteiger partial charge is 0.377 e. The van der Waals surface area contributed by atoms with Gasteiger partial charge in [-0.05, 0) is 44.0 Å². The van der Waals surface area contributed by atoms with Crippen molar-refractivity contribution in [2.75, 3.05) is 39.3 Å². The lowest BCUT2D eigenvalue weighted by molar-refractivity contribution is 0.0749. The van der Waals surface area contributed by atoms with Gasteiger partial charge in [0.05, 0.1) is 11.0 Å². The second-order valence-electron chi connectivity index (χ2n) is 6.30. The molecule has 0 saturated carbocycles. The van der Waals surface area contributed by atoms with E-state index in [1.54, 1.807) is 0 Å². The Morgan fingerprint density at radius 1 is 1.04 bits per heavy atom. The Labute approximate surface area is 153 Å². The van der Waals surface area contributed by atoms with E-state index in [0.717, 1.165) is 39.0 Å². The summed E-state index contributed by atoms with van der Waals surface area (Å²) >= 11 is 11.9. The third-order valence-corrected chi connectivity index (χ3v) is 6.82. The first-order valence-corrected chi connectivity index (χ1v) is 10.4. The number of benzene rings is 1. The molecule has 0 radical (unpaired) electrons. The Balaban J connectivity index is 1.68. The normalized spacial score (nSPS) is 24.2. The van der Waals surface area contributed by atoms with Gasteiger partial charge in [0, 0.05) is 42.8 Å². The quantitative estimate of drug-likeness (QED) is 0.790. The van der Waals surface area contributed by atoms with E-state index in [1.807, 2.05) is 0 Å². The Kier molecular flexibility index (Phi) is 6.06. The molecule has 3 rings (SSSR count). The molecule has 8 heteroatoms. The molecular weight excluding hydrogens is 371 g/mol. The van der Waals surface area contributed by atoms with Crippen molar-refractivity contribution in [1.82, 2.24) is 9.21 Å². The van der Waals surface area contributed by atoms with Gasteiger partial charge in [0.1, 0.15) is 0 Å². The van der Waals surface area contributed by atoms with Crippen molar-refractivity contribution < 1.29 is 13.2 Å².